The lowest BCUT2D eigenvalue weighted by molar-refractivity contribution is -0.143. The number of hydrogen-bond acceptors (Lipinski definition) is 6. The molecule has 0 bridgehead atoms. The first-order valence-corrected chi connectivity index (χ1v) is 8.33. The van der Waals surface area contributed by atoms with Crippen molar-refractivity contribution < 1.29 is 23.9 Å². The number of amides is 2. The molecule has 0 aliphatic heterocycles. The van der Waals surface area contributed by atoms with Gasteiger partial charge in [-0.25, -0.2) is 9.59 Å². The summed E-state index contributed by atoms with van der Waals surface area (Å²) < 4.78 is 9.85. The van der Waals surface area contributed by atoms with Gasteiger partial charge in [-0.05, 0) is 57.9 Å². The summed E-state index contributed by atoms with van der Waals surface area (Å²) in [6.07, 6.45) is 0.238. The number of methoxy groups -OCH3 is 1. The number of hydrogen-bond donors (Lipinski definition) is 3. The minimum absolute atomic E-state index is 0.306. The number of rotatable bonds is 7. The zero-order valence-corrected chi connectivity index (χ0v) is 15.6. The normalized spacial score (nSPS) is 12.0. The summed E-state index contributed by atoms with van der Waals surface area (Å²) in [5.74, 6) is -0.952. The summed E-state index contributed by atoms with van der Waals surface area (Å²) in [4.78, 5) is 35.7. The van der Waals surface area contributed by atoms with Gasteiger partial charge in [-0.3, -0.25) is 4.79 Å². The SMILES string of the molecule is COC(=O)[C@H](CCCNC(=O)OC(C)(C)C)NC(=O)c1ccc(N)cc1. The van der Waals surface area contributed by atoms with Crippen LogP contribution >= 0.6 is 0 Å². The van der Waals surface area contributed by atoms with E-state index in [1.165, 1.54) is 7.11 Å². The van der Waals surface area contributed by atoms with Crippen molar-refractivity contribution in [3.05, 3.63) is 29.8 Å². The standard InChI is InChI=1S/C18H27N3O5/c1-18(2,3)26-17(24)20-11-5-6-14(16(23)25-4)21-15(22)12-7-9-13(19)10-8-12/h7-10,14H,5-6,11,19H2,1-4H3,(H,20,24)(H,21,22)/t14-/m0/s1. The van der Waals surface area contributed by atoms with Gasteiger partial charge in [0.2, 0.25) is 0 Å². The molecule has 0 spiro atoms. The summed E-state index contributed by atoms with van der Waals surface area (Å²) >= 11 is 0. The number of nitrogens with one attached hydrogen (secondary N) is 2. The number of alkyl carbamates (subject to hydrolysis) is 1. The quantitative estimate of drug-likeness (QED) is 0.385. The van der Waals surface area contributed by atoms with Crippen LogP contribution in [-0.2, 0) is 14.3 Å². The second-order valence-electron chi connectivity index (χ2n) is 6.74. The fourth-order valence-electron chi connectivity index (χ4n) is 2.08. The van der Waals surface area contributed by atoms with Gasteiger partial charge in [-0.2, -0.15) is 0 Å². The highest BCUT2D eigenvalue weighted by Crippen LogP contribution is 2.08. The molecule has 1 rings (SSSR count). The third-order valence-corrected chi connectivity index (χ3v) is 3.30. The van der Waals surface area contributed by atoms with Gasteiger partial charge in [-0.1, -0.05) is 0 Å². The number of nitrogens with two attached hydrogens (primary N) is 1. The molecule has 8 nitrogen and oxygen atoms in total. The van der Waals surface area contributed by atoms with Gasteiger partial charge in [0.15, 0.2) is 0 Å². The van der Waals surface area contributed by atoms with Crippen LogP contribution in [0.15, 0.2) is 24.3 Å². The Morgan fingerprint density at radius 2 is 1.77 bits per heavy atom. The third kappa shape index (κ3) is 7.87. The molecular weight excluding hydrogens is 338 g/mol. The summed E-state index contributed by atoms with van der Waals surface area (Å²) in [7, 11) is 1.25. The van der Waals surface area contributed by atoms with Crippen LogP contribution in [0.5, 0.6) is 0 Å². The lowest BCUT2D eigenvalue weighted by atomic mass is 10.1. The molecule has 0 aliphatic rings. The van der Waals surface area contributed by atoms with Crippen LogP contribution in [0.3, 0.4) is 0 Å². The van der Waals surface area contributed by atoms with Gasteiger partial charge in [0.1, 0.15) is 11.6 Å². The van der Waals surface area contributed by atoms with Crippen molar-refractivity contribution in [3.63, 3.8) is 0 Å². The van der Waals surface area contributed by atoms with Gasteiger partial charge in [0.05, 0.1) is 7.11 Å². The monoisotopic (exact) mass is 365 g/mol. The zero-order chi connectivity index (χ0) is 19.7. The number of nitrogen functional groups attached to an aromatic ring is 1. The number of carbonyl (C=O) groups is 3. The van der Waals surface area contributed by atoms with E-state index in [1.807, 2.05) is 0 Å². The minimum Gasteiger partial charge on any atom is -0.467 e. The smallest absolute Gasteiger partial charge is 0.407 e. The van der Waals surface area contributed by atoms with E-state index in [2.05, 4.69) is 10.6 Å². The van der Waals surface area contributed by atoms with Crippen molar-refractivity contribution in [2.24, 2.45) is 0 Å². The van der Waals surface area contributed by atoms with Gasteiger partial charge in [0, 0.05) is 17.8 Å². The van der Waals surface area contributed by atoms with E-state index in [-0.39, 0.29) is 0 Å². The number of benzene rings is 1. The summed E-state index contributed by atoms with van der Waals surface area (Å²) in [5.41, 5.74) is 5.94. The van der Waals surface area contributed by atoms with E-state index in [9.17, 15) is 14.4 Å². The van der Waals surface area contributed by atoms with E-state index in [0.717, 1.165) is 0 Å². The first kappa shape index (κ1) is 21.3. The molecule has 0 radical (unpaired) electrons. The first-order chi connectivity index (χ1) is 12.1. The minimum atomic E-state index is -0.814. The Morgan fingerprint density at radius 1 is 1.15 bits per heavy atom. The number of esters is 1. The molecule has 0 aliphatic carbocycles. The van der Waals surface area contributed by atoms with E-state index < -0.39 is 29.6 Å². The predicted octanol–water partition coefficient (Wildman–Crippen LogP) is 1.85. The van der Waals surface area contributed by atoms with Gasteiger partial charge < -0.3 is 25.8 Å². The van der Waals surface area contributed by atoms with Crippen LogP contribution in [0.25, 0.3) is 0 Å². The lowest BCUT2D eigenvalue weighted by Crippen LogP contribution is -2.42. The molecule has 0 unspecified atom stereocenters. The zero-order valence-electron chi connectivity index (χ0n) is 15.6. The van der Waals surface area contributed by atoms with Gasteiger partial charge in [0.25, 0.3) is 5.91 Å². The first-order valence-electron chi connectivity index (χ1n) is 8.33. The Kier molecular flexibility index (Phi) is 7.89. The molecule has 0 heterocycles. The molecule has 1 aromatic carbocycles. The van der Waals surface area contributed by atoms with Crippen molar-refractivity contribution in [3.8, 4) is 0 Å². The molecule has 0 fully saturated rings. The molecule has 0 saturated heterocycles. The Morgan fingerprint density at radius 3 is 2.31 bits per heavy atom. The van der Waals surface area contributed by atoms with Gasteiger partial charge in [-0.15, -0.1) is 0 Å². The van der Waals surface area contributed by atoms with Crippen LogP contribution < -0.4 is 16.4 Å². The van der Waals surface area contributed by atoms with E-state index in [4.69, 9.17) is 15.2 Å². The molecule has 2 amide bonds. The van der Waals surface area contributed by atoms with Crippen LogP contribution in [0, 0.1) is 0 Å². The Labute approximate surface area is 153 Å². The summed E-state index contributed by atoms with van der Waals surface area (Å²) in [5, 5.41) is 5.23. The van der Waals surface area contributed by atoms with E-state index in [1.54, 1.807) is 45.0 Å². The van der Waals surface area contributed by atoms with Crippen molar-refractivity contribution in [1.29, 1.82) is 0 Å². The molecule has 0 aromatic heterocycles. The lowest BCUT2D eigenvalue weighted by Gasteiger charge is -2.20. The topological polar surface area (TPSA) is 120 Å². The fraction of sp³-hybridized carbons (Fsp3) is 0.500. The highest BCUT2D eigenvalue weighted by atomic mass is 16.6. The Bertz CT molecular complexity index is 623. The molecule has 144 valence electrons. The van der Waals surface area contributed by atoms with Gasteiger partial charge >= 0.3 is 12.1 Å². The number of anilines is 1. The van der Waals surface area contributed by atoms with E-state index >= 15 is 0 Å². The molecule has 1 atom stereocenters. The van der Waals surface area contributed by atoms with E-state index in [0.29, 0.717) is 30.6 Å². The predicted molar refractivity (Wildman–Crippen MR) is 97.6 cm³/mol. The highest BCUT2D eigenvalue weighted by Gasteiger charge is 2.22. The highest BCUT2D eigenvalue weighted by molar-refractivity contribution is 5.97. The second-order valence-corrected chi connectivity index (χ2v) is 6.74. The molecule has 1 aromatic rings. The molecule has 8 heteroatoms. The average Bonchev–Trinajstić information content (AvgIpc) is 2.55. The van der Waals surface area contributed by atoms with Crippen LogP contribution in [0.2, 0.25) is 0 Å². The molecule has 26 heavy (non-hydrogen) atoms. The Hall–Kier alpha value is -2.77. The van der Waals surface area contributed by atoms with Crippen molar-refractivity contribution in [2.75, 3.05) is 19.4 Å². The Balaban J connectivity index is 2.52. The third-order valence-electron chi connectivity index (χ3n) is 3.30. The maximum Gasteiger partial charge on any atom is 0.407 e. The van der Waals surface area contributed by atoms with Crippen molar-refractivity contribution in [1.82, 2.24) is 10.6 Å². The number of carbonyl (C=O) groups excluding carboxylic acids is 3. The van der Waals surface area contributed by atoms with Crippen LogP contribution in [0.4, 0.5) is 10.5 Å². The second kappa shape index (κ2) is 9.65. The average molecular weight is 365 g/mol. The molecule has 0 saturated carbocycles. The van der Waals surface area contributed by atoms with Crippen LogP contribution in [-0.4, -0.2) is 43.3 Å². The largest absolute Gasteiger partial charge is 0.467 e. The molecular formula is C18H27N3O5. The van der Waals surface area contributed by atoms with Crippen molar-refractivity contribution >= 4 is 23.7 Å². The van der Waals surface area contributed by atoms with Crippen molar-refractivity contribution in [2.45, 2.75) is 45.3 Å². The summed E-state index contributed by atoms with van der Waals surface area (Å²) in [6.45, 7) is 5.62. The van der Waals surface area contributed by atoms with Crippen LogP contribution in [0.1, 0.15) is 44.0 Å². The molecule has 4 N–H and O–H groups in total. The number of ether oxygens (including phenoxy) is 2. The maximum atomic E-state index is 12.2. The fourth-order valence-corrected chi connectivity index (χ4v) is 2.08. The summed E-state index contributed by atoms with van der Waals surface area (Å²) in [6, 6.07) is 5.54. The maximum absolute atomic E-state index is 12.2.